The summed E-state index contributed by atoms with van der Waals surface area (Å²) in [5.41, 5.74) is 5.17. The van der Waals surface area contributed by atoms with Gasteiger partial charge >= 0.3 is 0 Å². The normalized spacial score (nSPS) is 14.1. The molecule has 4 N–H and O–H groups in total. The van der Waals surface area contributed by atoms with Gasteiger partial charge in [-0.1, -0.05) is 5.16 Å². The van der Waals surface area contributed by atoms with E-state index in [9.17, 15) is 4.79 Å². The molecule has 0 fully saturated rings. The van der Waals surface area contributed by atoms with Crippen LogP contribution in [-0.4, -0.2) is 48.5 Å². The minimum absolute atomic E-state index is 0.0728. The van der Waals surface area contributed by atoms with Crippen LogP contribution in [0.25, 0.3) is 0 Å². The largest absolute Gasteiger partial charge is 0.409 e. The summed E-state index contributed by atoms with van der Waals surface area (Å²) in [6, 6.07) is 0.256. The number of rotatable bonds is 5. The van der Waals surface area contributed by atoms with Gasteiger partial charge in [0.25, 0.3) is 0 Å². The molecule has 0 aromatic carbocycles. The molecular formula is C8H18N4O2. The Morgan fingerprint density at radius 3 is 2.64 bits per heavy atom. The van der Waals surface area contributed by atoms with E-state index in [-0.39, 0.29) is 24.2 Å². The summed E-state index contributed by atoms with van der Waals surface area (Å²) in [4.78, 5) is 13.1. The van der Waals surface area contributed by atoms with Crippen LogP contribution in [0.15, 0.2) is 5.16 Å². The van der Waals surface area contributed by atoms with Gasteiger partial charge in [0.05, 0.1) is 6.42 Å². The second kappa shape index (κ2) is 6.20. The highest BCUT2D eigenvalue weighted by Crippen LogP contribution is 1.89. The smallest absolute Gasteiger partial charge is 0.227 e. The zero-order chi connectivity index (χ0) is 11.1. The molecule has 0 rings (SSSR count). The molecule has 0 aliphatic rings. The third-order valence-electron chi connectivity index (χ3n) is 1.95. The fraction of sp³-hybridized carbons (Fsp3) is 0.750. The SMILES string of the molecule is CC(CNC(=O)CC(N)=NO)N(C)C. The first-order valence-corrected chi connectivity index (χ1v) is 4.37. The first-order chi connectivity index (χ1) is 6.47. The van der Waals surface area contributed by atoms with Crippen molar-refractivity contribution < 1.29 is 10.0 Å². The third kappa shape index (κ3) is 5.36. The Bertz CT molecular complexity index is 215. The fourth-order valence-corrected chi connectivity index (χ4v) is 0.706. The number of nitrogens with zero attached hydrogens (tertiary/aromatic N) is 2. The van der Waals surface area contributed by atoms with E-state index in [4.69, 9.17) is 10.9 Å². The quantitative estimate of drug-likeness (QED) is 0.235. The zero-order valence-electron chi connectivity index (χ0n) is 8.82. The highest BCUT2D eigenvalue weighted by molar-refractivity contribution is 5.98. The Morgan fingerprint density at radius 2 is 2.21 bits per heavy atom. The van der Waals surface area contributed by atoms with Crippen LogP contribution in [0.5, 0.6) is 0 Å². The lowest BCUT2D eigenvalue weighted by molar-refractivity contribution is -0.120. The monoisotopic (exact) mass is 202 g/mol. The minimum Gasteiger partial charge on any atom is -0.409 e. The van der Waals surface area contributed by atoms with Crippen molar-refractivity contribution in [2.45, 2.75) is 19.4 Å². The second-order valence-corrected chi connectivity index (χ2v) is 3.38. The number of hydrogen-bond donors (Lipinski definition) is 3. The summed E-state index contributed by atoms with van der Waals surface area (Å²) < 4.78 is 0. The molecule has 0 saturated carbocycles. The summed E-state index contributed by atoms with van der Waals surface area (Å²) in [6.45, 7) is 2.54. The number of oxime groups is 1. The zero-order valence-corrected chi connectivity index (χ0v) is 8.82. The number of amidine groups is 1. The van der Waals surface area contributed by atoms with Crippen molar-refractivity contribution in [2.24, 2.45) is 10.9 Å². The molecule has 0 bridgehead atoms. The van der Waals surface area contributed by atoms with E-state index in [1.54, 1.807) is 0 Å². The Kier molecular flexibility index (Phi) is 5.62. The van der Waals surface area contributed by atoms with E-state index >= 15 is 0 Å². The van der Waals surface area contributed by atoms with E-state index in [1.165, 1.54) is 0 Å². The van der Waals surface area contributed by atoms with Crippen LogP contribution in [0.3, 0.4) is 0 Å². The molecule has 0 aliphatic heterocycles. The van der Waals surface area contributed by atoms with Gasteiger partial charge in [-0.25, -0.2) is 0 Å². The standard InChI is InChI=1S/C8H18N4O2/c1-6(12(2)3)5-10-8(13)4-7(9)11-14/h6,14H,4-5H2,1-3H3,(H2,9,11)(H,10,13). The number of likely N-dealkylation sites (N-methyl/N-ethyl adjacent to an activating group) is 1. The van der Waals surface area contributed by atoms with Crippen molar-refractivity contribution in [3.63, 3.8) is 0 Å². The van der Waals surface area contributed by atoms with Crippen LogP contribution < -0.4 is 11.1 Å². The lowest BCUT2D eigenvalue weighted by Gasteiger charge is -2.19. The third-order valence-corrected chi connectivity index (χ3v) is 1.95. The molecule has 0 spiro atoms. The highest BCUT2D eigenvalue weighted by atomic mass is 16.4. The van der Waals surface area contributed by atoms with Crippen molar-refractivity contribution in [3.05, 3.63) is 0 Å². The topological polar surface area (TPSA) is 91.0 Å². The Balaban J connectivity index is 3.75. The van der Waals surface area contributed by atoms with Crippen LogP contribution in [0.2, 0.25) is 0 Å². The molecule has 0 radical (unpaired) electrons. The molecule has 0 aromatic rings. The van der Waals surface area contributed by atoms with E-state index < -0.39 is 0 Å². The number of nitrogens with one attached hydrogen (secondary N) is 1. The second-order valence-electron chi connectivity index (χ2n) is 3.38. The van der Waals surface area contributed by atoms with Gasteiger partial charge in [0.15, 0.2) is 0 Å². The molecule has 1 amide bonds. The van der Waals surface area contributed by atoms with E-state index in [1.807, 2.05) is 25.9 Å². The van der Waals surface area contributed by atoms with Crippen molar-refractivity contribution in [1.82, 2.24) is 10.2 Å². The maximum atomic E-state index is 11.1. The van der Waals surface area contributed by atoms with Gasteiger partial charge in [0.1, 0.15) is 5.84 Å². The molecular weight excluding hydrogens is 184 g/mol. The Morgan fingerprint density at radius 1 is 1.64 bits per heavy atom. The van der Waals surface area contributed by atoms with Gasteiger partial charge in [0.2, 0.25) is 5.91 Å². The van der Waals surface area contributed by atoms with Crippen LogP contribution in [0.4, 0.5) is 0 Å². The van der Waals surface area contributed by atoms with Crippen molar-refractivity contribution >= 4 is 11.7 Å². The van der Waals surface area contributed by atoms with E-state index in [0.717, 1.165) is 0 Å². The van der Waals surface area contributed by atoms with Gasteiger partial charge < -0.3 is 21.2 Å². The fourth-order valence-electron chi connectivity index (χ4n) is 0.706. The molecule has 6 nitrogen and oxygen atoms in total. The predicted molar refractivity (Wildman–Crippen MR) is 54.2 cm³/mol. The van der Waals surface area contributed by atoms with Crippen molar-refractivity contribution in [1.29, 1.82) is 0 Å². The van der Waals surface area contributed by atoms with Crippen LogP contribution >= 0.6 is 0 Å². The summed E-state index contributed by atoms with van der Waals surface area (Å²) >= 11 is 0. The van der Waals surface area contributed by atoms with Crippen LogP contribution in [0.1, 0.15) is 13.3 Å². The molecule has 0 saturated heterocycles. The molecule has 1 atom stereocenters. The van der Waals surface area contributed by atoms with E-state index in [2.05, 4.69) is 10.5 Å². The van der Waals surface area contributed by atoms with Gasteiger partial charge in [-0.2, -0.15) is 0 Å². The molecule has 0 aliphatic carbocycles. The number of amides is 1. The lowest BCUT2D eigenvalue weighted by atomic mass is 10.3. The van der Waals surface area contributed by atoms with Crippen LogP contribution in [-0.2, 0) is 4.79 Å². The van der Waals surface area contributed by atoms with Gasteiger partial charge in [0, 0.05) is 12.6 Å². The van der Waals surface area contributed by atoms with E-state index in [0.29, 0.717) is 6.54 Å². The molecule has 1 unspecified atom stereocenters. The molecule has 0 heterocycles. The first kappa shape index (κ1) is 12.7. The predicted octanol–water partition coefficient (Wildman–Crippen LogP) is -0.811. The average Bonchev–Trinajstić information content (AvgIpc) is 2.13. The number of carbonyl (C=O) groups excluding carboxylic acids is 1. The van der Waals surface area contributed by atoms with Crippen molar-refractivity contribution in [2.75, 3.05) is 20.6 Å². The van der Waals surface area contributed by atoms with Crippen LogP contribution in [0, 0.1) is 0 Å². The molecule has 14 heavy (non-hydrogen) atoms. The maximum Gasteiger partial charge on any atom is 0.227 e. The summed E-state index contributed by atoms with van der Waals surface area (Å²) in [5, 5.41) is 13.6. The van der Waals surface area contributed by atoms with Gasteiger partial charge in [-0.05, 0) is 21.0 Å². The minimum atomic E-state index is -0.242. The molecule has 82 valence electrons. The number of hydrogen-bond acceptors (Lipinski definition) is 4. The van der Waals surface area contributed by atoms with Crippen molar-refractivity contribution in [3.8, 4) is 0 Å². The Labute approximate surface area is 83.7 Å². The van der Waals surface area contributed by atoms with Gasteiger partial charge in [-0.3, -0.25) is 4.79 Å². The molecule has 6 heteroatoms. The molecule has 0 aromatic heterocycles. The Hall–Kier alpha value is -1.30. The van der Waals surface area contributed by atoms with Gasteiger partial charge in [-0.15, -0.1) is 0 Å². The number of carbonyl (C=O) groups is 1. The average molecular weight is 202 g/mol. The highest BCUT2D eigenvalue weighted by Gasteiger charge is 2.08. The summed E-state index contributed by atoms with van der Waals surface area (Å²) in [5.74, 6) is -0.325. The lowest BCUT2D eigenvalue weighted by Crippen LogP contribution is -2.39. The maximum absolute atomic E-state index is 11.1. The number of nitrogens with two attached hydrogens (primary N) is 1. The summed E-state index contributed by atoms with van der Waals surface area (Å²) in [7, 11) is 3.86. The first-order valence-electron chi connectivity index (χ1n) is 4.37. The summed E-state index contributed by atoms with van der Waals surface area (Å²) in [6.07, 6.45) is -0.0728.